The monoisotopic (exact) mass is 216 g/mol. The van der Waals surface area contributed by atoms with Gasteiger partial charge in [0.1, 0.15) is 5.69 Å². The third-order valence-electron chi connectivity index (χ3n) is 2.46. The molecule has 0 saturated carbocycles. The minimum atomic E-state index is 0.709. The minimum Gasteiger partial charge on any atom is -0.379 e. The molecule has 4 nitrogen and oxygen atoms in total. The fraction of sp³-hybridized carbons (Fsp3) is 0.333. The average molecular weight is 216 g/mol. The molecule has 1 aromatic carbocycles. The van der Waals surface area contributed by atoms with Crippen LogP contribution in [0.2, 0.25) is 0 Å². The summed E-state index contributed by atoms with van der Waals surface area (Å²) in [7, 11) is 1.87. The summed E-state index contributed by atoms with van der Waals surface area (Å²) in [6.45, 7) is 2.86. The Balaban J connectivity index is 1.99. The summed E-state index contributed by atoms with van der Waals surface area (Å²) in [6, 6.07) is 8.43. The summed E-state index contributed by atoms with van der Waals surface area (Å²) in [5.74, 6) is 0. The van der Waals surface area contributed by atoms with Gasteiger partial charge in [0, 0.05) is 18.9 Å². The van der Waals surface area contributed by atoms with Gasteiger partial charge in [-0.25, -0.2) is 0 Å². The lowest BCUT2D eigenvalue weighted by atomic mass is 10.1. The van der Waals surface area contributed by atoms with Crippen molar-refractivity contribution in [3.05, 3.63) is 41.7 Å². The van der Waals surface area contributed by atoms with Crippen LogP contribution in [0.3, 0.4) is 0 Å². The van der Waals surface area contributed by atoms with E-state index in [1.54, 1.807) is 4.68 Å². The average Bonchev–Trinajstić information content (AvgIpc) is 2.73. The number of anilines is 1. The van der Waals surface area contributed by atoms with Crippen molar-refractivity contribution in [3.63, 3.8) is 0 Å². The van der Waals surface area contributed by atoms with Gasteiger partial charge in [-0.3, -0.25) is 4.68 Å². The number of hydrogen-bond acceptors (Lipinski definition) is 3. The normalized spacial score (nSPS) is 10.4. The first-order valence-electron chi connectivity index (χ1n) is 5.46. The predicted octanol–water partition coefficient (Wildman–Crippen LogP) is 1.99. The van der Waals surface area contributed by atoms with E-state index in [2.05, 4.69) is 46.8 Å². The SMILES string of the molecule is CCc1cccc(NCc2cn(C)nn2)c1. The highest BCUT2D eigenvalue weighted by molar-refractivity contribution is 5.45. The lowest BCUT2D eigenvalue weighted by Gasteiger charge is -2.05. The fourth-order valence-electron chi connectivity index (χ4n) is 1.57. The van der Waals surface area contributed by atoms with Crippen LogP contribution in [0.15, 0.2) is 30.5 Å². The molecule has 0 radical (unpaired) electrons. The van der Waals surface area contributed by atoms with Gasteiger partial charge in [-0.1, -0.05) is 24.3 Å². The highest BCUT2D eigenvalue weighted by atomic mass is 15.4. The molecular formula is C12H16N4. The van der Waals surface area contributed by atoms with Gasteiger partial charge in [0.2, 0.25) is 0 Å². The van der Waals surface area contributed by atoms with E-state index in [0.717, 1.165) is 17.8 Å². The second kappa shape index (κ2) is 4.79. The van der Waals surface area contributed by atoms with Crippen LogP contribution in [-0.2, 0) is 20.0 Å². The van der Waals surface area contributed by atoms with E-state index in [1.165, 1.54) is 5.56 Å². The Hall–Kier alpha value is -1.84. The number of aryl methyl sites for hydroxylation is 2. The minimum absolute atomic E-state index is 0.709. The smallest absolute Gasteiger partial charge is 0.102 e. The molecule has 0 fully saturated rings. The molecule has 84 valence electrons. The van der Waals surface area contributed by atoms with Crippen molar-refractivity contribution < 1.29 is 0 Å². The lowest BCUT2D eigenvalue weighted by Crippen LogP contribution is -2.00. The van der Waals surface area contributed by atoms with Gasteiger partial charge < -0.3 is 5.32 Å². The lowest BCUT2D eigenvalue weighted by molar-refractivity contribution is 0.713. The van der Waals surface area contributed by atoms with E-state index >= 15 is 0 Å². The van der Waals surface area contributed by atoms with Crippen molar-refractivity contribution in [1.82, 2.24) is 15.0 Å². The first kappa shape index (κ1) is 10.7. The van der Waals surface area contributed by atoms with E-state index < -0.39 is 0 Å². The van der Waals surface area contributed by atoms with E-state index in [1.807, 2.05) is 13.2 Å². The summed E-state index contributed by atoms with van der Waals surface area (Å²) < 4.78 is 1.71. The van der Waals surface area contributed by atoms with Crippen LogP contribution in [0.25, 0.3) is 0 Å². The summed E-state index contributed by atoms with van der Waals surface area (Å²) in [6.07, 6.45) is 2.97. The summed E-state index contributed by atoms with van der Waals surface area (Å²) in [4.78, 5) is 0. The maximum Gasteiger partial charge on any atom is 0.102 e. The van der Waals surface area contributed by atoms with Crippen molar-refractivity contribution in [2.75, 3.05) is 5.32 Å². The number of aromatic nitrogens is 3. The van der Waals surface area contributed by atoms with Crippen molar-refractivity contribution in [1.29, 1.82) is 0 Å². The van der Waals surface area contributed by atoms with Gasteiger partial charge >= 0.3 is 0 Å². The van der Waals surface area contributed by atoms with Crippen LogP contribution < -0.4 is 5.32 Å². The Morgan fingerprint density at radius 1 is 1.38 bits per heavy atom. The second-order valence-corrected chi connectivity index (χ2v) is 3.79. The summed E-state index contributed by atoms with van der Waals surface area (Å²) in [5.41, 5.74) is 3.42. The van der Waals surface area contributed by atoms with E-state index in [9.17, 15) is 0 Å². The van der Waals surface area contributed by atoms with Gasteiger partial charge in [-0.2, -0.15) is 0 Å². The zero-order valence-corrected chi connectivity index (χ0v) is 9.64. The number of nitrogens with one attached hydrogen (secondary N) is 1. The highest BCUT2D eigenvalue weighted by Gasteiger charge is 1.98. The molecule has 0 aliphatic heterocycles. The first-order chi connectivity index (χ1) is 7.78. The molecule has 1 heterocycles. The predicted molar refractivity (Wildman–Crippen MR) is 64.1 cm³/mol. The van der Waals surface area contributed by atoms with Crippen LogP contribution in [0, 0.1) is 0 Å². The van der Waals surface area contributed by atoms with Gasteiger partial charge in [0.15, 0.2) is 0 Å². The number of benzene rings is 1. The van der Waals surface area contributed by atoms with Crippen molar-refractivity contribution in [3.8, 4) is 0 Å². The standard InChI is InChI=1S/C12H16N4/c1-3-10-5-4-6-11(7-10)13-8-12-9-16(2)15-14-12/h4-7,9,13H,3,8H2,1-2H3. The third-order valence-corrected chi connectivity index (χ3v) is 2.46. The Bertz CT molecular complexity index is 462. The summed E-state index contributed by atoms with van der Waals surface area (Å²) in [5, 5.41) is 11.2. The molecule has 0 atom stereocenters. The molecule has 0 bridgehead atoms. The summed E-state index contributed by atoms with van der Waals surface area (Å²) >= 11 is 0. The number of hydrogen-bond donors (Lipinski definition) is 1. The van der Waals surface area contributed by atoms with Crippen LogP contribution in [0.5, 0.6) is 0 Å². The maximum absolute atomic E-state index is 4.02. The maximum atomic E-state index is 4.02. The van der Waals surface area contributed by atoms with Crippen molar-refractivity contribution >= 4 is 5.69 Å². The van der Waals surface area contributed by atoms with Gasteiger partial charge in [0.25, 0.3) is 0 Å². The molecule has 16 heavy (non-hydrogen) atoms. The quantitative estimate of drug-likeness (QED) is 0.850. The van der Waals surface area contributed by atoms with E-state index in [-0.39, 0.29) is 0 Å². The Morgan fingerprint density at radius 3 is 2.94 bits per heavy atom. The number of rotatable bonds is 4. The van der Waals surface area contributed by atoms with E-state index in [4.69, 9.17) is 0 Å². The molecule has 2 aromatic rings. The van der Waals surface area contributed by atoms with E-state index in [0.29, 0.717) is 6.54 Å². The van der Waals surface area contributed by atoms with Crippen molar-refractivity contribution in [2.24, 2.45) is 7.05 Å². The molecule has 4 heteroatoms. The highest BCUT2D eigenvalue weighted by Crippen LogP contribution is 2.11. The van der Waals surface area contributed by atoms with Gasteiger partial charge in [-0.05, 0) is 24.1 Å². The molecule has 0 amide bonds. The van der Waals surface area contributed by atoms with Gasteiger partial charge in [-0.15, -0.1) is 5.10 Å². The molecule has 0 saturated heterocycles. The molecule has 1 aromatic heterocycles. The second-order valence-electron chi connectivity index (χ2n) is 3.79. The molecule has 0 spiro atoms. The zero-order chi connectivity index (χ0) is 11.4. The molecule has 0 unspecified atom stereocenters. The number of nitrogens with zero attached hydrogens (tertiary/aromatic N) is 3. The van der Waals surface area contributed by atoms with Crippen LogP contribution >= 0.6 is 0 Å². The molecule has 2 rings (SSSR count). The Kier molecular flexibility index (Phi) is 3.19. The third kappa shape index (κ3) is 2.59. The largest absolute Gasteiger partial charge is 0.379 e. The fourth-order valence-corrected chi connectivity index (χ4v) is 1.57. The molecule has 1 N–H and O–H groups in total. The molecular weight excluding hydrogens is 200 g/mol. The Morgan fingerprint density at radius 2 is 2.25 bits per heavy atom. The molecule has 0 aliphatic rings. The van der Waals surface area contributed by atoms with Crippen LogP contribution in [0.1, 0.15) is 18.2 Å². The van der Waals surface area contributed by atoms with Gasteiger partial charge in [0.05, 0.1) is 6.54 Å². The molecule has 0 aliphatic carbocycles. The topological polar surface area (TPSA) is 42.7 Å². The van der Waals surface area contributed by atoms with Crippen LogP contribution in [-0.4, -0.2) is 15.0 Å². The van der Waals surface area contributed by atoms with Crippen LogP contribution in [0.4, 0.5) is 5.69 Å². The Labute approximate surface area is 95.3 Å². The first-order valence-corrected chi connectivity index (χ1v) is 5.46. The van der Waals surface area contributed by atoms with Crippen molar-refractivity contribution in [2.45, 2.75) is 19.9 Å². The zero-order valence-electron chi connectivity index (χ0n) is 9.64.